The Balaban J connectivity index is 2.05. The normalized spacial score (nSPS) is 17.0. The van der Waals surface area contributed by atoms with Crippen LogP contribution in [0.1, 0.15) is 25.0 Å². The minimum absolute atomic E-state index is 0.0623. The van der Waals surface area contributed by atoms with Crippen LogP contribution >= 0.6 is 0 Å². The molecule has 0 spiro atoms. The molecule has 2 aromatic rings. The molecule has 1 saturated heterocycles. The summed E-state index contributed by atoms with van der Waals surface area (Å²) in [7, 11) is 0. The second kappa shape index (κ2) is 5.27. The zero-order chi connectivity index (χ0) is 16.8. The van der Waals surface area contributed by atoms with Crippen molar-refractivity contribution in [1.82, 2.24) is 0 Å². The van der Waals surface area contributed by atoms with Gasteiger partial charge in [0.15, 0.2) is 0 Å². The van der Waals surface area contributed by atoms with Gasteiger partial charge in [0.1, 0.15) is 0 Å². The second-order valence-corrected chi connectivity index (χ2v) is 6.63. The molecule has 0 N–H and O–H groups in total. The highest BCUT2D eigenvalue weighted by atomic mass is 16.2. The maximum atomic E-state index is 13.1. The number of carbonyl (C=O) groups is 1. The van der Waals surface area contributed by atoms with Gasteiger partial charge in [0, 0.05) is 11.4 Å². The lowest BCUT2D eigenvalue weighted by Gasteiger charge is -2.30. The molecule has 0 saturated carbocycles. The number of hydrogen-bond acceptors (Lipinski definition) is 1. The summed E-state index contributed by atoms with van der Waals surface area (Å²) in [6.45, 7) is 12.3. The molecule has 1 fully saturated rings. The Morgan fingerprint density at radius 3 is 1.74 bits per heavy atom. The molecule has 0 unspecified atom stereocenters. The van der Waals surface area contributed by atoms with E-state index in [0.717, 1.165) is 17.1 Å². The molecule has 0 bridgehead atoms. The van der Waals surface area contributed by atoms with Gasteiger partial charge in [0.2, 0.25) is 0 Å². The molecule has 0 aliphatic carbocycles. The summed E-state index contributed by atoms with van der Waals surface area (Å²) in [6, 6.07) is 15.9. The maximum Gasteiger partial charge on any atom is 0.334 e. The minimum atomic E-state index is -0.475. The van der Waals surface area contributed by atoms with Gasteiger partial charge >= 0.3 is 6.03 Å². The molecule has 3 nitrogen and oxygen atoms in total. The summed E-state index contributed by atoms with van der Waals surface area (Å²) in [6.07, 6.45) is 0. The van der Waals surface area contributed by atoms with Crippen LogP contribution < -0.4 is 9.80 Å². The van der Waals surface area contributed by atoms with Gasteiger partial charge in [-0.3, -0.25) is 9.80 Å². The fourth-order valence-corrected chi connectivity index (χ4v) is 2.94. The SMILES string of the molecule is C=C1N(c2ccc(C)cc2)C(=O)N(c2ccc(C)cc2)C1(C)C. The van der Waals surface area contributed by atoms with E-state index in [2.05, 4.69) is 6.58 Å². The van der Waals surface area contributed by atoms with Crippen LogP contribution in [0, 0.1) is 13.8 Å². The molecule has 0 atom stereocenters. The molecule has 3 heteroatoms. The molecule has 118 valence electrons. The lowest BCUT2D eigenvalue weighted by molar-refractivity contribution is 0.254. The van der Waals surface area contributed by atoms with Crippen molar-refractivity contribution in [3.63, 3.8) is 0 Å². The summed E-state index contributed by atoms with van der Waals surface area (Å²) in [4.78, 5) is 16.6. The van der Waals surface area contributed by atoms with Crippen LogP contribution in [0.15, 0.2) is 60.8 Å². The first kappa shape index (κ1) is 15.3. The number of aryl methyl sites for hydroxylation is 2. The molecule has 2 amide bonds. The Kier molecular flexibility index (Phi) is 3.52. The van der Waals surface area contributed by atoms with Crippen molar-refractivity contribution in [3.05, 3.63) is 71.9 Å². The zero-order valence-electron chi connectivity index (χ0n) is 14.1. The smallest absolute Gasteiger partial charge is 0.283 e. The van der Waals surface area contributed by atoms with Crippen molar-refractivity contribution in [1.29, 1.82) is 0 Å². The van der Waals surface area contributed by atoms with Crippen LogP contribution in [0.25, 0.3) is 0 Å². The summed E-state index contributed by atoms with van der Waals surface area (Å²) < 4.78 is 0. The van der Waals surface area contributed by atoms with E-state index in [1.807, 2.05) is 81.1 Å². The highest BCUT2D eigenvalue weighted by Gasteiger charge is 2.48. The monoisotopic (exact) mass is 306 g/mol. The molecule has 2 aromatic carbocycles. The predicted octanol–water partition coefficient (Wildman–Crippen LogP) is 5.04. The largest absolute Gasteiger partial charge is 0.334 e. The van der Waals surface area contributed by atoms with Crippen molar-refractivity contribution < 1.29 is 4.79 Å². The highest BCUT2D eigenvalue weighted by molar-refractivity contribution is 6.11. The van der Waals surface area contributed by atoms with Crippen LogP contribution in [-0.2, 0) is 0 Å². The van der Waals surface area contributed by atoms with Gasteiger partial charge in [-0.1, -0.05) is 42.0 Å². The van der Waals surface area contributed by atoms with Crippen LogP contribution in [0.5, 0.6) is 0 Å². The Morgan fingerprint density at radius 1 is 0.826 bits per heavy atom. The summed E-state index contributed by atoms with van der Waals surface area (Å²) in [5.41, 5.74) is 4.40. The first-order valence-electron chi connectivity index (χ1n) is 7.79. The molecule has 3 rings (SSSR count). The van der Waals surface area contributed by atoms with Crippen LogP contribution in [0.3, 0.4) is 0 Å². The molecule has 1 heterocycles. The number of amides is 2. The Labute approximate surface area is 137 Å². The molecule has 0 radical (unpaired) electrons. The van der Waals surface area contributed by atoms with E-state index in [9.17, 15) is 4.79 Å². The molecule has 23 heavy (non-hydrogen) atoms. The van der Waals surface area contributed by atoms with Gasteiger partial charge in [-0.15, -0.1) is 0 Å². The van der Waals surface area contributed by atoms with E-state index < -0.39 is 5.54 Å². The lowest BCUT2D eigenvalue weighted by atomic mass is 10.00. The Hall–Kier alpha value is -2.55. The number of benzene rings is 2. The number of nitrogens with zero attached hydrogens (tertiary/aromatic N) is 2. The Bertz CT molecular complexity index is 757. The standard InChI is InChI=1S/C20H22N2O/c1-14-6-10-17(11-7-14)21-16(3)20(4,5)22(19(21)23)18-12-8-15(2)9-13-18/h6-13H,3H2,1-2,4-5H3. The number of urea groups is 1. The summed E-state index contributed by atoms with van der Waals surface area (Å²) >= 11 is 0. The van der Waals surface area contributed by atoms with E-state index >= 15 is 0 Å². The van der Waals surface area contributed by atoms with Crippen LogP contribution in [-0.4, -0.2) is 11.6 Å². The third-order valence-corrected chi connectivity index (χ3v) is 4.50. The maximum absolute atomic E-state index is 13.1. The average molecular weight is 306 g/mol. The highest BCUT2D eigenvalue weighted by Crippen LogP contribution is 2.41. The van der Waals surface area contributed by atoms with Crippen molar-refractivity contribution in [2.24, 2.45) is 0 Å². The molecule has 1 aliphatic heterocycles. The van der Waals surface area contributed by atoms with E-state index in [1.54, 1.807) is 4.90 Å². The van der Waals surface area contributed by atoms with Crippen molar-refractivity contribution in [3.8, 4) is 0 Å². The van der Waals surface area contributed by atoms with Gasteiger partial charge in [-0.2, -0.15) is 0 Å². The molecular formula is C20H22N2O. The van der Waals surface area contributed by atoms with Gasteiger partial charge < -0.3 is 0 Å². The fraction of sp³-hybridized carbons (Fsp3) is 0.250. The first-order chi connectivity index (χ1) is 10.8. The van der Waals surface area contributed by atoms with Crippen molar-refractivity contribution in [2.45, 2.75) is 33.2 Å². The van der Waals surface area contributed by atoms with Crippen LogP contribution in [0.4, 0.5) is 16.2 Å². The summed E-state index contributed by atoms with van der Waals surface area (Å²) in [5.74, 6) is 0. The van der Waals surface area contributed by atoms with E-state index in [0.29, 0.717) is 0 Å². The average Bonchev–Trinajstić information content (AvgIpc) is 2.68. The number of anilines is 2. The van der Waals surface area contributed by atoms with Gasteiger partial charge in [0.05, 0.1) is 11.2 Å². The third kappa shape index (κ3) is 2.42. The van der Waals surface area contributed by atoms with E-state index in [-0.39, 0.29) is 6.03 Å². The number of hydrogen-bond donors (Lipinski definition) is 0. The topological polar surface area (TPSA) is 23.6 Å². The molecular weight excluding hydrogens is 284 g/mol. The zero-order valence-corrected chi connectivity index (χ0v) is 14.1. The predicted molar refractivity (Wildman–Crippen MR) is 95.9 cm³/mol. The van der Waals surface area contributed by atoms with E-state index in [1.165, 1.54) is 11.1 Å². The van der Waals surface area contributed by atoms with Crippen molar-refractivity contribution >= 4 is 17.4 Å². The third-order valence-electron chi connectivity index (χ3n) is 4.50. The second-order valence-electron chi connectivity index (χ2n) is 6.63. The molecule has 1 aliphatic rings. The lowest BCUT2D eigenvalue weighted by Crippen LogP contribution is -2.41. The van der Waals surface area contributed by atoms with Gasteiger partial charge in [-0.05, 0) is 52.0 Å². The van der Waals surface area contributed by atoms with Crippen LogP contribution in [0.2, 0.25) is 0 Å². The van der Waals surface area contributed by atoms with Gasteiger partial charge in [-0.25, -0.2) is 4.79 Å². The Morgan fingerprint density at radius 2 is 1.26 bits per heavy atom. The fourth-order valence-electron chi connectivity index (χ4n) is 2.94. The molecule has 0 aromatic heterocycles. The summed E-state index contributed by atoms with van der Waals surface area (Å²) in [5, 5.41) is 0. The first-order valence-corrected chi connectivity index (χ1v) is 7.79. The minimum Gasteiger partial charge on any atom is -0.283 e. The van der Waals surface area contributed by atoms with Crippen molar-refractivity contribution in [2.75, 3.05) is 9.80 Å². The van der Waals surface area contributed by atoms with E-state index in [4.69, 9.17) is 0 Å². The van der Waals surface area contributed by atoms with Gasteiger partial charge in [0.25, 0.3) is 0 Å². The number of rotatable bonds is 2. The number of carbonyl (C=O) groups excluding carboxylic acids is 1. The quantitative estimate of drug-likeness (QED) is 0.762.